The lowest BCUT2D eigenvalue weighted by atomic mass is 9.93. The Morgan fingerprint density at radius 1 is 0.543 bits per heavy atom. The molecule has 4 aromatic carbocycles. The Bertz CT molecular complexity index is 1930. The van der Waals surface area contributed by atoms with Crippen LogP contribution >= 0.6 is 11.6 Å². The van der Waals surface area contributed by atoms with Crippen molar-refractivity contribution < 1.29 is 0 Å². The molecule has 0 saturated carbocycles. The first-order valence-corrected chi connectivity index (χ1v) is 11.9. The smallest absolute Gasteiger partial charge is 0.129 e. The first-order valence-electron chi connectivity index (χ1n) is 11.5. The molecule has 3 nitrogen and oxygen atoms in total. The van der Waals surface area contributed by atoms with E-state index in [1.807, 2.05) is 24.4 Å². The van der Waals surface area contributed by atoms with Gasteiger partial charge in [-0.05, 0) is 52.2 Å². The maximum absolute atomic E-state index is 6.16. The SMILES string of the molecule is Clc1ccc2ccc(-c3ccc(-c4ccc5ccc6cccnc6c5n4)c4ccccc34)cc2n1. The van der Waals surface area contributed by atoms with Crippen molar-refractivity contribution in [1.82, 2.24) is 15.0 Å². The Balaban J connectivity index is 1.45. The number of nitrogens with zero attached hydrogens (tertiary/aromatic N) is 3. The van der Waals surface area contributed by atoms with Crippen molar-refractivity contribution in [2.24, 2.45) is 0 Å². The fourth-order valence-electron chi connectivity index (χ4n) is 4.91. The van der Waals surface area contributed by atoms with Crippen LogP contribution in [0.2, 0.25) is 5.15 Å². The molecular weight excluding hydrogens is 450 g/mol. The third-order valence-electron chi connectivity index (χ3n) is 6.60. The molecule has 35 heavy (non-hydrogen) atoms. The van der Waals surface area contributed by atoms with Gasteiger partial charge in [-0.2, -0.15) is 0 Å². The fraction of sp³-hybridized carbons (Fsp3) is 0. The normalized spacial score (nSPS) is 11.6. The summed E-state index contributed by atoms with van der Waals surface area (Å²) in [5.41, 5.74) is 7.03. The summed E-state index contributed by atoms with van der Waals surface area (Å²) in [6, 6.07) is 35.5. The van der Waals surface area contributed by atoms with E-state index in [0.29, 0.717) is 5.15 Å². The molecule has 7 rings (SSSR count). The summed E-state index contributed by atoms with van der Waals surface area (Å²) in [5, 5.41) is 6.08. The second-order valence-electron chi connectivity index (χ2n) is 8.66. The van der Waals surface area contributed by atoms with Crippen LogP contribution in [-0.2, 0) is 0 Å². The molecule has 164 valence electrons. The molecule has 0 N–H and O–H groups in total. The van der Waals surface area contributed by atoms with E-state index in [1.54, 1.807) is 0 Å². The molecule has 0 spiro atoms. The Kier molecular flexibility index (Phi) is 4.51. The summed E-state index contributed by atoms with van der Waals surface area (Å²) in [7, 11) is 0. The molecule has 3 heterocycles. The van der Waals surface area contributed by atoms with E-state index in [4.69, 9.17) is 16.6 Å². The van der Waals surface area contributed by atoms with Gasteiger partial charge in [0.05, 0.1) is 22.2 Å². The second kappa shape index (κ2) is 7.86. The number of fused-ring (bicyclic) bond motifs is 5. The molecule has 0 atom stereocenters. The number of halogens is 1. The van der Waals surface area contributed by atoms with Crippen LogP contribution in [0.1, 0.15) is 0 Å². The van der Waals surface area contributed by atoms with Gasteiger partial charge in [-0.1, -0.05) is 84.4 Å². The predicted octanol–water partition coefficient (Wildman–Crippen LogP) is 8.47. The Hall–Kier alpha value is -4.34. The maximum atomic E-state index is 6.16. The highest BCUT2D eigenvalue weighted by Gasteiger charge is 2.12. The van der Waals surface area contributed by atoms with Gasteiger partial charge in [-0.3, -0.25) is 4.98 Å². The molecule has 0 aliphatic carbocycles. The van der Waals surface area contributed by atoms with E-state index >= 15 is 0 Å². The van der Waals surface area contributed by atoms with Crippen LogP contribution < -0.4 is 0 Å². The Morgan fingerprint density at radius 2 is 1.26 bits per heavy atom. The van der Waals surface area contributed by atoms with Gasteiger partial charge < -0.3 is 0 Å². The number of benzene rings is 4. The monoisotopic (exact) mass is 467 g/mol. The zero-order chi connectivity index (χ0) is 23.4. The Labute approximate surface area is 206 Å². The van der Waals surface area contributed by atoms with Gasteiger partial charge in [0.25, 0.3) is 0 Å². The van der Waals surface area contributed by atoms with Crippen LogP contribution in [0.15, 0.2) is 109 Å². The highest BCUT2D eigenvalue weighted by Crippen LogP contribution is 2.37. The average Bonchev–Trinajstić information content (AvgIpc) is 2.91. The Morgan fingerprint density at radius 3 is 2.14 bits per heavy atom. The standard InChI is InChI=1S/C31H18ClN3/c32-29-16-12-19-7-10-22(18-28(19)34-29)23-13-14-26(25-6-2-1-5-24(23)25)27-15-11-21-9-8-20-4-3-17-33-30(20)31(21)35-27/h1-18H. The molecule has 4 heteroatoms. The molecule has 0 aliphatic heterocycles. The van der Waals surface area contributed by atoms with Crippen LogP contribution in [0.5, 0.6) is 0 Å². The summed E-state index contributed by atoms with van der Waals surface area (Å²) in [5.74, 6) is 0. The number of rotatable bonds is 2. The molecule has 0 unspecified atom stereocenters. The van der Waals surface area contributed by atoms with E-state index in [-0.39, 0.29) is 0 Å². The van der Waals surface area contributed by atoms with Gasteiger partial charge in [0, 0.05) is 27.9 Å². The fourth-order valence-corrected chi connectivity index (χ4v) is 5.06. The third kappa shape index (κ3) is 3.32. The lowest BCUT2D eigenvalue weighted by Crippen LogP contribution is -1.91. The minimum Gasteiger partial charge on any atom is -0.254 e. The first-order chi connectivity index (χ1) is 17.2. The van der Waals surface area contributed by atoms with Gasteiger partial charge in [0.2, 0.25) is 0 Å². The topological polar surface area (TPSA) is 38.7 Å². The summed E-state index contributed by atoms with van der Waals surface area (Å²) in [4.78, 5) is 14.2. The van der Waals surface area contributed by atoms with Crippen molar-refractivity contribution >= 4 is 55.1 Å². The van der Waals surface area contributed by atoms with Crippen molar-refractivity contribution in [2.75, 3.05) is 0 Å². The van der Waals surface area contributed by atoms with Crippen molar-refractivity contribution in [3.63, 3.8) is 0 Å². The van der Waals surface area contributed by atoms with Crippen LogP contribution in [0, 0.1) is 0 Å². The van der Waals surface area contributed by atoms with E-state index in [1.165, 1.54) is 5.39 Å². The second-order valence-corrected chi connectivity index (χ2v) is 9.04. The molecular formula is C31H18ClN3. The van der Waals surface area contributed by atoms with Crippen LogP contribution in [0.4, 0.5) is 0 Å². The summed E-state index contributed by atoms with van der Waals surface area (Å²) >= 11 is 6.16. The highest BCUT2D eigenvalue weighted by atomic mass is 35.5. The van der Waals surface area contributed by atoms with Crippen LogP contribution in [-0.4, -0.2) is 15.0 Å². The van der Waals surface area contributed by atoms with Gasteiger partial charge in [-0.25, -0.2) is 9.97 Å². The summed E-state index contributed by atoms with van der Waals surface area (Å²) < 4.78 is 0. The minimum atomic E-state index is 0.499. The van der Waals surface area contributed by atoms with E-state index in [0.717, 1.165) is 60.5 Å². The van der Waals surface area contributed by atoms with E-state index in [9.17, 15) is 0 Å². The minimum absolute atomic E-state index is 0.499. The molecule has 0 aliphatic rings. The number of aromatic nitrogens is 3. The highest BCUT2D eigenvalue weighted by molar-refractivity contribution is 6.29. The molecule has 0 radical (unpaired) electrons. The molecule has 7 aromatic rings. The number of pyridine rings is 3. The van der Waals surface area contributed by atoms with Gasteiger partial charge >= 0.3 is 0 Å². The maximum Gasteiger partial charge on any atom is 0.129 e. The van der Waals surface area contributed by atoms with Gasteiger partial charge in [-0.15, -0.1) is 0 Å². The summed E-state index contributed by atoms with van der Waals surface area (Å²) in [6.07, 6.45) is 1.83. The lowest BCUT2D eigenvalue weighted by Gasteiger charge is -2.13. The molecule has 0 bridgehead atoms. The van der Waals surface area contributed by atoms with Crippen molar-refractivity contribution in [3.8, 4) is 22.4 Å². The van der Waals surface area contributed by atoms with Crippen LogP contribution in [0.3, 0.4) is 0 Å². The summed E-state index contributed by atoms with van der Waals surface area (Å²) in [6.45, 7) is 0. The number of hydrogen-bond acceptors (Lipinski definition) is 3. The predicted molar refractivity (Wildman–Crippen MR) is 146 cm³/mol. The zero-order valence-corrected chi connectivity index (χ0v) is 19.4. The van der Waals surface area contributed by atoms with E-state index < -0.39 is 0 Å². The van der Waals surface area contributed by atoms with E-state index in [2.05, 4.69) is 94.9 Å². The van der Waals surface area contributed by atoms with Crippen LogP contribution in [0.25, 0.3) is 65.9 Å². The molecule has 0 saturated heterocycles. The average molecular weight is 468 g/mol. The largest absolute Gasteiger partial charge is 0.254 e. The van der Waals surface area contributed by atoms with Crippen molar-refractivity contribution in [1.29, 1.82) is 0 Å². The van der Waals surface area contributed by atoms with Crippen molar-refractivity contribution in [3.05, 3.63) is 114 Å². The first kappa shape index (κ1) is 20.1. The number of hydrogen-bond donors (Lipinski definition) is 0. The molecule has 0 amide bonds. The van der Waals surface area contributed by atoms with Gasteiger partial charge in [0.1, 0.15) is 5.15 Å². The van der Waals surface area contributed by atoms with Gasteiger partial charge in [0.15, 0.2) is 0 Å². The lowest BCUT2D eigenvalue weighted by molar-refractivity contribution is 1.37. The molecule has 3 aromatic heterocycles. The third-order valence-corrected chi connectivity index (χ3v) is 6.81. The zero-order valence-electron chi connectivity index (χ0n) is 18.6. The van der Waals surface area contributed by atoms with Crippen molar-refractivity contribution in [2.45, 2.75) is 0 Å². The molecule has 0 fully saturated rings. The quantitative estimate of drug-likeness (QED) is 0.189.